The molecule has 140 valence electrons. The highest BCUT2D eigenvalue weighted by molar-refractivity contribution is 7.79. The van der Waals surface area contributed by atoms with Gasteiger partial charge in [0.1, 0.15) is 17.8 Å². The molecule has 0 bridgehead atoms. The van der Waals surface area contributed by atoms with Crippen LogP contribution >= 0.6 is 0 Å². The molecule has 1 aromatic rings. The molecule has 3 aliphatic rings. The number of piperidine rings is 1. The minimum Gasteiger partial charge on any atom is -0.459 e. The smallest absolute Gasteiger partial charge is 0.234 e. The standard InChI is InChI=1S/C17H22N4O4S/c22-26(23)17(14-2-1-5-18-10-14)20-7-3-13(4-8-20)16-19-6-9-21(16)15-11-24-12-25-15/h1-2,5-6,9-11,13,16-17,19H,3-4,7-8,12H2,(H,22,23). The molecular weight excluding hydrogens is 356 g/mol. The molecule has 4 heterocycles. The second-order valence-corrected chi connectivity index (χ2v) is 7.51. The molecule has 3 unspecified atom stereocenters. The van der Waals surface area contributed by atoms with Crippen LogP contribution in [0.1, 0.15) is 23.8 Å². The number of hydrogen-bond donors (Lipinski definition) is 2. The highest BCUT2D eigenvalue weighted by Crippen LogP contribution is 2.33. The first-order valence-electron chi connectivity index (χ1n) is 8.63. The highest BCUT2D eigenvalue weighted by atomic mass is 32.2. The van der Waals surface area contributed by atoms with Crippen molar-refractivity contribution in [3.63, 3.8) is 0 Å². The van der Waals surface area contributed by atoms with E-state index in [1.807, 2.05) is 18.5 Å². The van der Waals surface area contributed by atoms with E-state index in [0.29, 0.717) is 11.8 Å². The highest BCUT2D eigenvalue weighted by Gasteiger charge is 2.37. The molecule has 1 aromatic heterocycles. The van der Waals surface area contributed by atoms with Gasteiger partial charge in [-0.15, -0.1) is 0 Å². The van der Waals surface area contributed by atoms with Crippen LogP contribution in [0, 0.1) is 5.92 Å². The summed E-state index contributed by atoms with van der Waals surface area (Å²) in [5, 5.41) is 2.85. The Morgan fingerprint density at radius 1 is 1.38 bits per heavy atom. The molecule has 26 heavy (non-hydrogen) atoms. The van der Waals surface area contributed by atoms with Crippen LogP contribution in [0.25, 0.3) is 0 Å². The lowest BCUT2D eigenvalue weighted by atomic mass is 9.93. The summed E-state index contributed by atoms with van der Waals surface area (Å²) in [4.78, 5) is 8.21. The van der Waals surface area contributed by atoms with Gasteiger partial charge in [0.25, 0.3) is 0 Å². The molecule has 1 saturated heterocycles. The lowest BCUT2D eigenvalue weighted by molar-refractivity contribution is 0.0368. The van der Waals surface area contributed by atoms with Crippen molar-refractivity contribution < 1.29 is 18.2 Å². The maximum Gasteiger partial charge on any atom is 0.234 e. The molecule has 0 saturated carbocycles. The minimum absolute atomic E-state index is 0.113. The predicted molar refractivity (Wildman–Crippen MR) is 95.1 cm³/mol. The summed E-state index contributed by atoms with van der Waals surface area (Å²) in [5.41, 5.74) is 0.774. The van der Waals surface area contributed by atoms with Crippen molar-refractivity contribution in [3.05, 3.63) is 54.6 Å². The summed E-state index contributed by atoms with van der Waals surface area (Å²) in [6.45, 7) is 1.75. The zero-order chi connectivity index (χ0) is 17.9. The van der Waals surface area contributed by atoms with Crippen LogP contribution in [0.3, 0.4) is 0 Å². The second-order valence-electron chi connectivity index (χ2n) is 6.51. The first-order valence-corrected chi connectivity index (χ1v) is 9.80. The summed E-state index contributed by atoms with van der Waals surface area (Å²) in [7, 11) is 0. The van der Waals surface area contributed by atoms with Crippen molar-refractivity contribution in [2.24, 2.45) is 5.92 Å². The Labute approximate surface area is 154 Å². The Balaban J connectivity index is 1.41. The van der Waals surface area contributed by atoms with Gasteiger partial charge in [0, 0.05) is 49.4 Å². The van der Waals surface area contributed by atoms with Crippen LogP contribution in [-0.2, 0) is 20.6 Å². The van der Waals surface area contributed by atoms with E-state index in [1.165, 1.54) is 0 Å². The molecule has 0 aliphatic carbocycles. The molecule has 1 fully saturated rings. The topological polar surface area (TPSA) is 87.2 Å². The SMILES string of the molecule is O=S(O)C(c1cccnc1)N1CCC(C2NC=CN2C2=COCO2)CC1. The number of nitrogens with zero attached hydrogens (tertiary/aromatic N) is 3. The quantitative estimate of drug-likeness (QED) is 0.746. The van der Waals surface area contributed by atoms with Gasteiger partial charge in [-0.1, -0.05) is 6.07 Å². The Morgan fingerprint density at radius 2 is 2.23 bits per heavy atom. The summed E-state index contributed by atoms with van der Waals surface area (Å²) < 4.78 is 32.4. The van der Waals surface area contributed by atoms with Crippen molar-refractivity contribution in [1.82, 2.24) is 20.1 Å². The molecule has 2 N–H and O–H groups in total. The van der Waals surface area contributed by atoms with E-state index in [1.54, 1.807) is 24.7 Å². The summed E-state index contributed by atoms with van der Waals surface area (Å²) in [6.07, 6.45) is 10.8. The van der Waals surface area contributed by atoms with Gasteiger partial charge in [0.15, 0.2) is 11.1 Å². The van der Waals surface area contributed by atoms with Gasteiger partial charge in [0.2, 0.25) is 12.7 Å². The van der Waals surface area contributed by atoms with Gasteiger partial charge in [0.05, 0.1) is 0 Å². The third kappa shape index (κ3) is 3.42. The Morgan fingerprint density at radius 3 is 2.88 bits per heavy atom. The van der Waals surface area contributed by atoms with E-state index in [0.717, 1.165) is 31.5 Å². The van der Waals surface area contributed by atoms with Gasteiger partial charge in [-0.2, -0.15) is 0 Å². The van der Waals surface area contributed by atoms with Crippen LogP contribution in [0.15, 0.2) is 49.1 Å². The van der Waals surface area contributed by atoms with E-state index in [4.69, 9.17) is 9.47 Å². The Bertz CT molecular complexity index is 706. The van der Waals surface area contributed by atoms with E-state index in [-0.39, 0.29) is 13.0 Å². The van der Waals surface area contributed by atoms with Crippen LogP contribution in [-0.4, -0.2) is 49.6 Å². The van der Waals surface area contributed by atoms with Gasteiger partial charge in [-0.05, 0) is 18.9 Å². The maximum atomic E-state index is 11.9. The van der Waals surface area contributed by atoms with Gasteiger partial charge < -0.3 is 19.3 Å². The van der Waals surface area contributed by atoms with E-state index in [2.05, 4.69) is 20.1 Å². The van der Waals surface area contributed by atoms with Gasteiger partial charge >= 0.3 is 0 Å². The molecule has 0 aromatic carbocycles. The molecule has 0 radical (unpaired) electrons. The molecule has 0 spiro atoms. The van der Waals surface area contributed by atoms with E-state index < -0.39 is 16.5 Å². The minimum atomic E-state index is -1.97. The van der Waals surface area contributed by atoms with E-state index >= 15 is 0 Å². The van der Waals surface area contributed by atoms with Crippen molar-refractivity contribution in [2.75, 3.05) is 19.9 Å². The molecule has 9 heteroatoms. The largest absolute Gasteiger partial charge is 0.459 e. The molecule has 3 atom stereocenters. The zero-order valence-corrected chi connectivity index (χ0v) is 15.0. The molecular formula is C17H22N4O4S. The summed E-state index contributed by atoms with van der Waals surface area (Å²) >= 11 is -1.97. The van der Waals surface area contributed by atoms with Crippen LogP contribution in [0.4, 0.5) is 0 Å². The summed E-state index contributed by atoms with van der Waals surface area (Å²) in [6, 6.07) is 3.65. The lowest BCUT2D eigenvalue weighted by Crippen LogP contribution is -2.47. The van der Waals surface area contributed by atoms with Crippen molar-refractivity contribution in [2.45, 2.75) is 24.4 Å². The van der Waals surface area contributed by atoms with Gasteiger partial charge in [-0.25, -0.2) is 4.21 Å². The van der Waals surface area contributed by atoms with Crippen molar-refractivity contribution in [1.29, 1.82) is 0 Å². The van der Waals surface area contributed by atoms with E-state index in [9.17, 15) is 8.76 Å². The third-order valence-corrected chi connectivity index (χ3v) is 5.98. The molecule has 0 amide bonds. The van der Waals surface area contributed by atoms with Crippen molar-refractivity contribution >= 4 is 11.1 Å². The van der Waals surface area contributed by atoms with Crippen LogP contribution in [0.2, 0.25) is 0 Å². The number of ether oxygens (including phenoxy) is 2. The maximum absolute atomic E-state index is 11.9. The fourth-order valence-electron chi connectivity index (χ4n) is 3.78. The first kappa shape index (κ1) is 17.3. The monoisotopic (exact) mass is 378 g/mol. The Kier molecular flexibility index (Phi) is 5.09. The van der Waals surface area contributed by atoms with Crippen LogP contribution < -0.4 is 5.32 Å². The number of likely N-dealkylation sites (tertiary alicyclic amines) is 1. The second kappa shape index (κ2) is 7.65. The van der Waals surface area contributed by atoms with Crippen molar-refractivity contribution in [3.8, 4) is 0 Å². The average molecular weight is 378 g/mol. The first-order chi connectivity index (χ1) is 12.7. The normalized spacial score (nSPS) is 26.0. The summed E-state index contributed by atoms with van der Waals surface area (Å²) in [5.74, 6) is 1.11. The van der Waals surface area contributed by atoms with Gasteiger partial charge in [-0.3, -0.25) is 14.8 Å². The number of nitrogens with one attached hydrogen (secondary N) is 1. The number of rotatable bonds is 5. The molecule has 3 aliphatic heterocycles. The zero-order valence-electron chi connectivity index (χ0n) is 14.2. The molecule has 4 rings (SSSR count). The number of pyridine rings is 1. The number of aromatic nitrogens is 1. The lowest BCUT2D eigenvalue weighted by Gasteiger charge is -2.40. The third-order valence-electron chi connectivity index (χ3n) is 5.03. The predicted octanol–water partition coefficient (Wildman–Crippen LogP) is 1.52. The molecule has 8 nitrogen and oxygen atoms in total. The fourth-order valence-corrected chi connectivity index (χ4v) is 4.62. The average Bonchev–Trinajstić information content (AvgIpc) is 3.34. The number of hydrogen-bond acceptors (Lipinski definition) is 7. The Hall–Kier alpha value is -2.10. The fraction of sp³-hybridized carbons (Fsp3) is 0.471. The van der Waals surface area contributed by atoms with Crippen LogP contribution in [0.5, 0.6) is 0 Å².